The van der Waals surface area contributed by atoms with Crippen LogP contribution < -0.4 is 21.0 Å². The second kappa shape index (κ2) is 9.91. The maximum Gasteiger partial charge on any atom is 0.419 e. The van der Waals surface area contributed by atoms with Crippen LogP contribution in [0.2, 0.25) is 0 Å². The van der Waals surface area contributed by atoms with Crippen LogP contribution in [0.1, 0.15) is 22.3 Å². The first kappa shape index (κ1) is 22.6. The summed E-state index contributed by atoms with van der Waals surface area (Å²) in [4.78, 5) is 34.9. The normalized spacial score (nSPS) is 11.1. The Labute approximate surface area is 194 Å². The lowest BCUT2D eigenvalue weighted by Crippen LogP contribution is -2.16. The van der Waals surface area contributed by atoms with Crippen molar-refractivity contribution in [1.82, 2.24) is 4.57 Å². The van der Waals surface area contributed by atoms with Gasteiger partial charge in [0.15, 0.2) is 11.9 Å². The standard InChI is InChI=1S/C26H22N2O6/c1-32-22-15-21-24(14-19(22)16-29)34-26(31)28(21)12-6-5-7-17-10-11-20(18-8-3-2-4-9-18)23(13-17)33-25(27)30/h2-5,7-11,13-16H,6,12H2,1H3,(H2,27,30)/b7-5+. The molecule has 0 unspecified atom stereocenters. The van der Waals surface area contributed by atoms with Crippen LogP contribution in [-0.2, 0) is 6.54 Å². The Morgan fingerprint density at radius 2 is 1.88 bits per heavy atom. The van der Waals surface area contributed by atoms with Gasteiger partial charge in [0.25, 0.3) is 0 Å². The van der Waals surface area contributed by atoms with E-state index in [1.165, 1.54) is 17.7 Å². The minimum Gasteiger partial charge on any atom is -0.496 e. The van der Waals surface area contributed by atoms with Gasteiger partial charge in [-0.2, -0.15) is 0 Å². The Morgan fingerprint density at radius 3 is 2.59 bits per heavy atom. The second-order valence-corrected chi connectivity index (χ2v) is 7.43. The number of allylic oxidation sites excluding steroid dienone is 1. The van der Waals surface area contributed by atoms with Crippen LogP contribution in [0.15, 0.2) is 76.0 Å². The molecule has 34 heavy (non-hydrogen) atoms. The molecule has 3 aromatic carbocycles. The Hall–Kier alpha value is -4.59. The molecule has 0 fully saturated rings. The van der Waals surface area contributed by atoms with Gasteiger partial charge in [-0.15, -0.1) is 0 Å². The summed E-state index contributed by atoms with van der Waals surface area (Å²) in [6.07, 6.45) is 4.04. The van der Waals surface area contributed by atoms with E-state index in [4.69, 9.17) is 19.6 Å². The van der Waals surface area contributed by atoms with E-state index >= 15 is 0 Å². The molecule has 0 saturated carbocycles. The maximum absolute atomic E-state index is 12.3. The number of benzene rings is 3. The molecule has 0 aliphatic heterocycles. The van der Waals surface area contributed by atoms with Crippen LogP contribution in [0.3, 0.4) is 0 Å². The van der Waals surface area contributed by atoms with Gasteiger partial charge in [-0.3, -0.25) is 9.36 Å². The minimum atomic E-state index is -0.891. The number of carbonyl (C=O) groups is 2. The number of hydrogen-bond acceptors (Lipinski definition) is 6. The summed E-state index contributed by atoms with van der Waals surface area (Å²) >= 11 is 0. The smallest absolute Gasteiger partial charge is 0.419 e. The minimum absolute atomic E-state index is 0.309. The number of carbonyl (C=O) groups excluding carboxylic acids is 2. The highest BCUT2D eigenvalue weighted by atomic mass is 16.5. The lowest BCUT2D eigenvalue weighted by atomic mass is 10.0. The number of primary amides is 1. The number of aldehydes is 1. The Bertz CT molecular complexity index is 1430. The summed E-state index contributed by atoms with van der Waals surface area (Å²) in [7, 11) is 1.46. The van der Waals surface area contributed by atoms with E-state index in [0.717, 1.165) is 16.7 Å². The fourth-order valence-corrected chi connectivity index (χ4v) is 3.70. The van der Waals surface area contributed by atoms with Gasteiger partial charge in [0.1, 0.15) is 11.5 Å². The number of nitrogens with two attached hydrogens (primary N) is 1. The van der Waals surface area contributed by atoms with E-state index < -0.39 is 11.8 Å². The second-order valence-electron chi connectivity index (χ2n) is 7.43. The number of amides is 1. The fraction of sp³-hybridized carbons (Fsp3) is 0.115. The lowest BCUT2D eigenvalue weighted by Gasteiger charge is -2.10. The number of oxazole rings is 1. The molecule has 0 saturated heterocycles. The summed E-state index contributed by atoms with van der Waals surface area (Å²) in [6, 6.07) is 18.1. The van der Waals surface area contributed by atoms with Crippen molar-refractivity contribution >= 4 is 29.6 Å². The van der Waals surface area contributed by atoms with Crippen LogP contribution in [-0.4, -0.2) is 24.1 Å². The molecule has 0 aliphatic rings. The van der Waals surface area contributed by atoms with Crippen molar-refractivity contribution in [2.24, 2.45) is 5.73 Å². The van der Waals surface area contributed by atoms with E-state index in [1.807, 2.05) is 54.6 Å². The number of rotatable bonds is 8. The highest BCUT2D eigenvalue weighted by Crippen LogP contribution is 2.31. The zero-order valence-electron chi connectivity index (χ0n) is 18.4. The Morgan fingerprint density at radius 1 is 1.09 bits per heavy atom. The van der Waals surface area contributed by atoms with E-state index in [2.05, 4.69) is 0 Å². The molecular formula is C26H22N2O6. The Balaban J connectivity index is 1.54. The predicted molar refractivity (Wildman–Crippen MR) is 128 cm³/mol. The van der Waals surface area contributed by atoms with Crippen LogP contribution in [0.25, 0.3) is 28.3 Å². The van der Waals surface area contributed by atoms with Crippen LogP contribution >= 0.6 is 0 Å². The van der Waals surface area contributed by atoms with Gasteiger partial charge in [0.2, 0.25) is 0 Å². The first-order valence-corrected chi connectivity index (χ1v) is 10.5. The van der Waals surface area contributed by atoms with E-state index in [1.54, 1.807) is 12.1 Å². The summed E-state index contributed by atoms with van der Waals surface area (Å²) < 4.78 is 17.2. The van der Waals surface area contributed by atoms with Crippen molar-refractivity contribution in [2.75, 3.05) is 7.11 Å². The quantitative estimate of drug-likeness (QED) is 0.385. The van der Waals surface area contributed by atoms with E-state index in [9.17, 15) is 14.4 Å². The number of aryl methyl sites for hydroxylation is 1. The highest BCUT2D eigenvalue weighted by Gasteiger charge is 2.14. The molecule has 2 N–H and O–H groups in total. The Kier molecular flexibility index (Phi) is 6.59. The summed E-state index contributed by atoms with van der Waals surface area (Å²) in [5, 5.41) is 0. The van der Waals surface area contributed by atoms with Crippen molar-refractivity contribution in [3.8, 4) is 22.6 Å². The average molecular weight is 458 g/mol. The van der Waals surface area contributed by atoms with Gasteiger partial charge in [-0.05, 0) is 29.7 Å². The van der Waals surface area contributed by atoms with Gasteiger partial charge >= 0.3 is 11.8 Å². The number of fused-ring (bicyclic) bond motifs is 1. The summed E-state index contributed by atoms with van der Waals surface area (Å²) in [5.41, 5.74) is 8.87. The molecule has 0 spiro atoms. The molecule has 1 heterocycles. The van der Waals surface area contributed by atoms with Crippen molar-refractivity contribution in [2.45, 2.75) is 13.0 Å². The topological polar surface area (TPSA) is 114 Å². The molecule has 1 amide bonds. The van der Waals surface area contributed by atoms with Crippen molar-refractivity contribution < 1.29 is 23.5 Å². The van der Waals surface area contributed by atoms with Crippen LogP contribution in [0, 0.1) is 0 Å². The largest absolute Gasteiger partial charge is 0.496 e. The third kappa shape index (κ3) is 4.75. The van der Waals surface area contributed by atoms with Crippen molar-refractivity contribution in [3.05, 3.63) is 88.4 Å². The van der Waals surface area contributed by atoms with Gasteiger partial charge < -0.3 is 19.6 Å². The van der Waals surface area contributed by atoms with E-state index in [-0.39, 0.29) is 0 Å². The number of hydrogen-bond donors (Lipinski definition) is 1. The monoisotopic (exact) mass is 458 g/mol. The number of ether oxygens (including phenoxy) is 2. The van der Waals surface area contributed by atoms with Gasteiger partial charge in [-0.25, -0.2) is 9.59 Å². The average Bonchev–Trinajstić information content (AvgIpc) is 3.15. The van der Waals surface area contributed by atoms with Crippen LogP contribution in [0.4, 0.5) is 4.79 Å². The zero-order chi connectivity index (χ0) is 24.1. The molecule has 0 bridgehead atoms. The molecule has 8 nitrogen and oxygen atoms in total. The highest BCUT2D eigenvalue weighted by molar-refractivity contribution is 5.88. The number of nitrogens with zero attached hydrogens (tertiary/aromatic N) is 1. The number of aromatic nitrogens is 1. The molecule has 8 heteroatoms. The third-order valence-electron chi connectivity index (χ3n) is 5.28. The lowest BCUT2D eigenvalue weighted by molar-refractivity contribution is 0.112. The van der Waals surface area contributed by atoms with Gasteiger partial charge in [0, 0.05) is 18.2 Å². The molecule has 0 aliphatic carbocycles. The molecular weight excluding hydrogens is 436 g/mol. The first-order valence-electron chi connectivity index (χ1n) is 10.5. The molecule has 172 valence electrons. The summed E-state index contributed by atoms with van der Waals surface area (Å²) in [5.74, 6) is 0.210. The predicted octanol–water partition coefficient (Wildman–Crippen LogP) is 4.64. The third-order valence-corrected chi connectivity index (χ3v) is 5.28. The summed E-state index contributed by atoms with van der Waals surface area (Å²) in [6.45, 7) is 0.360. The maximum atomic E-state index is 12.3. The van der Waals surface area contributed by atoms with Crippen molar-refractivity contribution in [1.29, 1.82) is 0 Å². The molecule has 0 radical (unpaired) electrons. The van der Waals surface area contributed by atoms with Gasteiger partial charge in [-0.1, -0.05) is 54.6 Å². The van der Waals surface area contributed by atoms with Gasteiger partial charge in [0.05, 0.1) is 18.2 Å². The number of methoxy groups -OCH3 is 1. The SMILES string of the molecule is COc1cc2c(cc1C=O)oc(=O)n2CC/C=C/c1ccc(-c2ccccc2)c(OC(N)=O)c1. The van der Waals surface area contributed by atoms with Crippen LogP contribution in [0.5, 0.6) is 11.5 Å². The van der Waals surface area contributed by atoms with E-state index in [0.29, 0.717) is 47.4 Å². The zero-order valence-corrected chi connectivity index (χ0v) is 18.4. The first-order chi connectivity index (χ1) is 16.5. The van der Waals surface area contributed by atoms with Crippen molar-refractivity contribution in [3.63, 3.8) is 0 Å². The molecule has 0 atom stereocenters. The molecule has 4 rings (SSSR count). The molecule has 1 aromatic heterocycles. The fourth-order valence-electron chi connectivity index (χ4n) is 3.70. The molecule has 4 aromatic rings.